The van der Waals surface area contributed by atoms with Crippen molar-refractivity contribution in [1.29, 1.82) is 0 Å². The summed E-state index contributed by atoms with van der Waals surface area (Å²) in [5.74, 6) is -0.971. The highest BCUT2D eigenvalue weighted by Crippen LogP contribution is 2.29. The van der Waals surface area contributed by atoms with Crippen molar-refractivity contribution >= 4 is 5.97 Å². The van der Waals surface area contributed by atoms with E-state index in [0.29, 0.717) is 0 Å². The maximum atomic E-state index is 10.8. The average Bonchev–Trinajstić information content (AvgIpc) is 2.14. The van der Waals surface area contributed by atoms with Crippen molar-refractivity contribution in [2.75, 3.05) is 0 Å². The Hall–Kier alpha value is -2.00. The summed E-state index contributed by atoms with van der Waals surface area (Å²) in [4.78, 5) is 13.5. The van der Waals surface area contributed by atoms with Crippen LogP contribution in [0.5, 0.6) is 0 Å². The Kier molecular flexibility index (Phi) is 4.12. The Morgan fingerprint density at radius 2 is 1.94 bits per heavy atom. The minimum Gasteiger partial charge on any atom is -0.481 e. The fraction of sp³-hybridized carbons (Fsp3) is 0.417. The molecule has 1 N–H and O–H groups in total. The highest BCUT2D eigenvalue weighted by atomic mass is 16.4. The molecule has 0 spiro atoms. The van der Waals surface area contributed by atoms with Gasteiger partial charge in [-0.2, -0.15) is 0 Å². The molecule has 90 valence electrons. The predicted molar refractivity (Wildman–Crippen MR) is 64.8 cm³/mol. The van der Waals surface area contributed by atoms with Gasteiger partial charge < -0.3 is 5.11 Å². The molecule has 0 heterocycles. The Morgan fingerprint density at radius 3 is 2.35 bits per heavy atom. The SMILES string of the molecule is Cc1cc(C)c(C(CC(=O)O)N=[N+]=[N-])c(C)c1. The van der Waals surface area contributed by atoms with Gasteiger partial charge in [0.25, 0.3) is 0 Å². The van der Waals surface area contributed by atoms with Crippen LogP contribution in [0.2, 0.25) is 0 Å². The molecule has 0 amide bonds. The van der Waals surface area contributed by atoms with Crippen LogP contribution in [0.15, 0.2) is 17.2 Å². The van der Waals surface area contributed by atoms with Crippen LogP contribution in [-0.2, 0) is 4.79 Å². The molecule has 0 fully saturated rings. The number of nitrogens with zero attached hydrogens (tertiary/aromatic N) is 3. The van der Waals surface area contributed by atoms with E-state index in [4.69, 9.17) is 10.6 Å². The topological polar surface area (TPSA) is 86.1 Å². The molecule has 0 aliphatic carbocycles. The molecule has 0 aliphatic rings. The fourth-order valence-corrected chi connectivity index (χ4v) is 2.15. The van der Waals surface area contributed by atoms with Crippen LogP contribution >= 0.6 is 0 Å². The summed E-state index contributed by atoms with van der Waals surface area (Å²) in [7, 11) is 0. The van der Waals surface area contributed by atoms with E-state index in [1.807, 2.05) is 32.9 Å². The monoisotopic (exact) mass is 233 g/mol. The smallest absolute Gasteiger partial charge is 0.304 e. The second-order valence-electron chi connectivity index (χ2n) is 4.13. The van der Waals surface area contributed by atoms with Crippen LogP contribution in [0.3, 0.4) is 0 Å². The van der Waals surface area contributed by atoms with Crippen LogP contribution in [-0.4, -0.2) is 11.1 Å². The van der Waals surface area contributed by atoms with Gasteiger partial charge in [-0.05, 0) is 43.0 Å². The minimum atomic E-state index is -0.971. The predicted octanol–water partition coefficient (Wildman–Crippen LogP) is 3.44. The summed E-state index contributed by atoms with van der Waals surface area (Å²) in [6.45, 7) is 5.78. The van der Waals surface area contributed by atoms with Gasteiger partial charge >= 0.3 is 5.97 Å². The van der Waals surface area contributed by atoms with Crippen molar-refractivity contribution in [3.8, 4) is 0 Å². The molecule has 0 saturated heterocycles. The Morgan fingerprint density at radius 1 is 1.41 bits per heavy atom. The number of carboxylic acid groups (broad SMARTS) is 1. The zero-order valence-corrected chi connectivity index (χ0v) is 10.1. The summed E-state index contributed by atoms with van der Waals surface area (Å²) >= 11 is 0. The molecule has 0 radical (unpaired) electrons. The van der Waals surface area contributed by atoms with Crippen LogP contribution in [0.4, 0.5) is 0 Å². The zero-order valence-electron chi connectivity index (χ0n) is 10.1. The first-order valence-corrected chi connectivity index (χ1v) is 5.29. The number of carboxylic acids is 1. The van der Waals surface area contributed by atoms with Crippen LogP contribution in [0.25, 0.3) is 10.4 Å². The van der Waals surface area contributed by atoms with Gasteiger partial charge in [0.2, 0.25) is 0 Å². The van der Waals surface area contributed by atoms with Crippen molar-refractivity contribution in [2.24, 2.45) is 5.11 Å². The van der Waals surface area contributed by atoms with Gasteiger partial charge in [0.1, 0.15) is 0 Å². The highest BCUT2D eigenvalue weighted by molar-refractivity contribution is 5.68. The van der Waals surface area contributed by atoms with Gasteiger partial charge in [-0.3, -0.25) is 4.79 Å². The van der Waals surface area contributed by atoms with Gasteiger partial charge in [0.15, 0.2) is 0 Å². The molecule has 0 bridgehead atoms. The van der Waals surface area contributed by atoms with Crippen LogP contribution in [0, 0.1) is 20.8 Å². The summed E-state index contributed by atoms with van der Waals surface area (Å²) in [6, 6.07) is 3.28. The third kappa shape index (κ3) is 3.23. The number of hydrogen-bond donors (Lipinski definition) is 1. The quantitative estimate of drug-likeness (QED) is 0.490. The highest BCUT2D eigenvalue weighted by Gasteiger charge is 2.18. The number of rotatable bonds is 4. The maximum absolute atomic E-state index is 10.8. The summed E-state index contributed by atoms with van der Waals surface area (Å²) < 4.78 is 0. The molecule has 0 aliphatic heterocycles. The lowest BCUT2D eigenvalue weighted by Crippen LogP contribution is -2.07. The van der Waals surface area contributed by atoms with Gasteiger partial charge in [0, 0.05) is 4.91 Å². The van der Waals surface area contributed by atoms with E-state index in [1.165, 1.54) is 0 Å². The molecule has 0 aromatic heterocycles. The van der Waals surface area contributed by atoms with E-state index < -0.39 is 12.0 Å². The lowest BCUT2D eigenvalue weighted by molar-refractivity contribution is -0.137. The Labute approximate surface area is 99.7 Å². The summed E-state index contributed by atoms with van der Waals surface area (Å²) in [6.07, 6.45) is -0.186. The van der Waals surface area contributed by atoms with E-state index >= 15 is 0 Å². The number of carbonyl (C=O) groups is 1. The lowest BCUT2D eigenvalue weighted by Gasteiger charge is -2.16. The Balaban J connectivity index is 3.27. The number of azide groups is 1. The average molecular weight is 233 g/mol. The first kappa shape index (κ1) is 13.1. The van der Waals surface area contributed by atoms with Gasteiger partial charge in [-0.1, -0.05) is 22.8 Å². The third-order valence-electron chi connectivity index (χ3n) is 2.63. The second-order valence-corrected chi connectivity index (χ2v) is 4.13. The van der Waals surface area contributed by atoms with Crippen molar-refractivity contribution < 1.29 is 9.90 Å². The Bertz CT molecular complexity index is 468. The van der Waals surface area contributed by atoms with Gasteiger partial charge in [-0.25, -0.2) is 0 Å². The number of aliphatic carboxylic acids is 1. The van der Waals surface area contributed by atoms with Crippen molar-refractivity contribution in [2.45, 2.75) is 33.2 Å². The van der Waals surface area contributed by atoms with Crippen LogP contribution < -0.4 is 0 Å². The maximum Gasteiger partial charge on any atom is 0.304 e. The van der Waals surface area contributed by atoms with E-state index in [2.05, 4.69) is 10.0 Å². The molecule has 17 heavy (non-hydrogen) atoms. The first-order valence-electron chi connectivity index (χ1n) is 5.29. The summed E-state index contributed by atoms with van der Waals surface area (Å²) in [5.41, 5.74) is 12.4. The molecular formula is C12H15N3O2. The molecule has 1 unspecified atom stereocenters. The number of hydrogen-bond acceptors (Lipinski definition) is 2. The second kappa shape index (κ2) is 5.37. The van der Waals surface area contributed by atoms with Crippen molar-refractivity contribution in [1.82, 2.24) is 0 Å². The van der Waals surface area contributed by atoms with Crippen molar-refractivity contribution in [3.05, 3.63) is 44.8 Å². The van der Waals surface area contributed by atoms with Crippen LogP contribution in [0.1, 0.15) is 34.7 Å². The van der Waals surface area contributed by atoms with Gasteiger partial charge in [0.05, 0.1) is 12.5 Å². The lowest BCUT2D eigenvalue weighted by atomic mass is 9.93. The molecule has 5 heteroatoms. The van der Waals surface area contributed by atoms with E-state index in [-0.39, 0.29) is 6.42 Å². The molecule has 1 atom stereocenters. The summed E-state index contributed by atoms with van der Waals surface area (Å²) in [5, 5.41) is 12.4. The van der Waals surface area contributed by atoms with Gasteiger partial charge in [-0.15, -0.1) is 0 Å². The fourth-order valence-electron chi connectivity index (χ4n) is 2.15. The first-order chi connectivity index (χ1) is 7.95. The van der Waals surface area contributed by atoms with E-state index in [0.717, 1.165) is 22.3 Å². The van der Waals surface area contributed by atoms with Crippen molar-refractivity contribution in [3.63, 3.8) is 0 Å². The molecule has 0 saturated carbocycles. The molecule has 1 aromatic carbocycles. The molecule has 1 rings (SSSR count). The number of aryl methyl sites for hydroxylation is 3. The molecule has 5 nitrogen and oxygen atoms in total. The van der Waals surface area contributed by atoms with E-state index in [1.54, 1.807) is 0 Å². The molecular weight excluding hydrogens is 218 g/mol. The standard InChI is InChI=1S/C12H15N3O2/c1-7-4-8(2)12(9(3)5-7)10(14-15-13)6-11(16)17/h4-5,10H,6H2,1-3H3,(H,16,17). The van der Waals surface area contributed by atoms with E-state index in [9.17, 15) is 4.79 Å². The third-order valence-corrected chi connectivity index (χ3v) is 2.63. The minimum absolute atomic E-state index is 0.186. The number of benzene rings is 1. The zero-order chi connectivity index (χ0) is 13.0. The largest absolute Gasteiger partial charge is 0.481 e. The molecule has 1 aromatic rings. The normalized spacial score (nSPS) is 11.7.